The number of alkyl halides is 2. The highest BCUT2D eigenvalue weighted by molar-refractivity contribution is 5.79. The fourth-order valence-corrected chi connectivity index (χ4v) is 2.13. The fourth-order valence-electron chi connectivity index (χ4n) is 2.13. The van der Waals surface area contributed by atoms with Gasteiger partial charge in [0.25, 0.3) is 0 Å². The lowest BCUT2D eigenvalue weighted by Gasteiger charge is -2.15. The molecule has 0 spiro atoms. The molecule has 0 saturated carbocycles. The van der Waals surface area contributed by atoms with Gasteiger partial charge in [-0.15, -0.1) is 0 Å². The maximum absolute atomic E-state index is 12.5. The number of hydrogen-bond acceptors (Lipinski definition) is 3. The molecule has 5 nitrogen and oxygen atoms in total. The summed E-state index contributed by atoms with van der Waals surface area (Å²) in [6.07, 6.45) is 1.72. The van der Waals surface area contributed by atoms with Crippen molar-refractivity contribution in [1.82, 2.24) is 15.6 Å². The maximum Gasteiger partial charge on any atom is 0.387 e. The molecule has 7 heteroatoms. The lowest BCUT2D eigenvalue weighted by molar-refractivity contribution is -0.0504. The first-order valence-electron chi connectivity index (χ1n) is 7.47. The molecule has 2 aromatic rings. The maximum atomic E-state index is 12.5. The largest absolute Gasteiger partial charge is 0.434 e. The van der Waals surface area contributed by atoms with Crippen LogP contribution < -0.4 is 15.4 Å². The van der Waals surface area contributed by atoms with Crippen molar-refractivity contribution in [3.05, 3.63) is 59.4 Å². The summed E-state index contributed by atoms with van der Waals surface area (Å²) in [7, 11) is 1.64. The van der Waals surface area contributed by atoms with Crippen molar-refractivity contribution in [3.8, 4) is 5.75 Å². The lowest BCUT2D eigenvalue weighted by Crippen LogP contribution is -2.36. The molecular formula is C17H20F2N4O. The van der Waals surface area contributed by atoms with E-state index in [2.05, 4.69) is 25.3 Å². The van der Waals surface area contributed by atoms with Gasteiger partial charge in [0.15, 0.2) is 5.96 Å². The molecule has 0 amide bonds. The van der Waals surface area contributed by atoms with Crippen molar-refractivity contribution in [3.63, 3.8) is 0 Å². The van der Waals surface area contributed by atoms with E-state index >= 15 is 0 Å². The smallest absolute Gasteiger partial charge is 0.387 e. The molecule has 128 valence electrons. The van der Waals surface area contributed by atoms with Crippen molar-refractivity contribution in [2.75, 3.05) is 7.05 Å². The summed E-state index contributed by atoms with van der Waals surface area (Å²) >= 11 is 0. The molecule has 0 aliphatic carbocycles. The van der Waals surface area contributed by atoms with Gasteiger partial charge < -0.3 is 15.4 Å². The summed E-state index contributed by atoms with van der Waals surface area (Å²) in [5.74, 6) is 0.702. The SMILES string of the molecule is CN=C(NCc1ccccn1)NCc1cc(C)ccc1OC(F)F. The van der Waals surface area contributed by atoms with E-state index in [9.17, 15) is 8.78 Å². The van der Waals surface area contributed by atoms with Gasteiger partial charge in [0, 0.05) is 25.4 Å². The molecule has 2 rings (SSSR count). The molecule has 0 atom stereocenters. The molecule has 0 aliphatic heterocycles. The van der Waals surface area contributed by atoms with Crippen LogP contribution >= 0.6 is 0 Å². The molecule has 0 fully saturated rings. The van der Waals surface area contributed by atoms with E-state index in [4.69, 9.17) is 0 Å². The van der Waals surface area contributed by atoms with Crippen LogP contribution in [0.4, 0.5) is 8.78 Å². The third-order valence-electron chi connectivity index (χ3n) is 3.27. The molecule has 0 bridgehead atoms. The zero-order valence-corrected chi connectivity index (χ0v) is 13.6. The summed E-state index contributed by atoms with van der Waals surface area (Å²) in [5, 5.41) is 6.20. The molecule has 24 heavy (non-hydrogen) atoms. The zero-order valence-electron chi connectivity index (χ0n) is 13.6. The highest BCUT2D eigenvalue weighted by Gasteiger charge is 2.10. The Labute approximate surface area is 139 Å². The Bertz CT molecular complexity index is 678. The number of nitrogens with one attached hydrogen (secondary N) is 2. The quantitative estimate of drug-likeness (QED) is 0.630. The number of aryl methyl sites for hydroxylation is 1. The second-order valence-corrected chi connectivity index (χ2v) is 5.09. The van der Waals surface area contributed by atoms with Crippen molar-refractivity contribution in [2.24, 2.45) is 4.99 Å². The Balaban J connectivity index is 1.96. The van der Waals surface area contributed by atoms with Crippen molar-refractivity contribution < 1.29 is 13.5 Å². The van der Waals surface area contributed by atoms with E-state index in [0.717, 1.165) is 11.3 Å². The minimum Gasteiger partial charge on any atom is -0.434 e. The Hall–Kier alpha value is -2.70. The molecule has 1 heterocycles. The number of aliphatic imine (C=N–C) groups is 1. The third-order valence-corrected chi connectivity index (χ3v) is 3.27. The fraction of sp³-hybridized carbons (Fsp3) is 0.294. The Morgan fingerprint density at radius 2 is 2.00 bits per heavy atom. The van der Waals surface area contributed by atoms with Crippen LogP contribution in [0.2, 0.25) is 0 Å². The van der Waals surface area contributed by atoms with E-state index in [1.807, 2.05) is 25.1 Å². The third kappa shape index (κ3) is 5.49. The number of ether oxygens (including phenoxy) is 1. The van der Waals surface area contributed by atoms with Gasteiger partial charge >= 0.3 is 6.61 Å². The van der Waals surface area contributed by atoms with E-state index in [1.165, 1.54) is 0 Å². The van der Waals surface area contributed by atoms with Crippen molar-refractivity contribution in [2.45, 2.75) is 26.6 Å². The van der Waals surface area contributed by atoms with E-state index in [0.29, 0.717) is 24.6 Å². The van der Waals surface area contributed by atoms with Crippen LogP contribution in [-0.4, -0.2) is 24.6 Å². The number of pyridine rings is 1. The summed E-state index contributed by atoms with van der Waals surface area (Å²) < 4.78 is 29.5. The number of halogens is 2. The van der Waals surface area contributed by atoms with Crippen molar-refractivity contribution >= 4 is 5.96 Å². The zero-order chi connectivity index (χ0) is 17.4. The molecule has 0 unspecified atom stereocenters. The predicted octanol–water partition coefficient (Wildman–Crippen LogP) is 2.86. The molecule has 0 saturated heterocycles. The van der Waals surface area contributed by atoms with Gasteiger partial charge in [0.2, 0.25) is 0 Å². The van der Waals surface area contributed by atoms with Crippen LogP contribution in [-0.2, 0) is 13.1 Å². The molecule has 0 aliphatic rings. The van der Waals surface area contributed by atoms with Crippen LogP contribution in [0.15, 0.2) is 47.6 Å². The minimum atomic E-state index is -2.85. The topological polar surface area (TPSA) is 58.5 Å². The lowest BCUT2D eigenvalue weighted by atomic mass is 10.1. The summed E-state index contributed by atoms with van der Waals surface area (Å²) in [6, 6.07) is 10.7. The first kappa shape index (κ1) is 17.7. The van der Waals surface area contributed by atoms with Gasteiger partial charge in [-0.05, 0) is 25.1 Å². The molecule has 1 aromatic heterocycles. The normalized spacial score (nSPS) is 11.5. The molecular weight excluding hydrogens is 314 g/mol. The molecule has 2 N–H and O–H groups in total. The molecule has 0 radical (unpaired) electrons. The van der Waals surface area contributed by atoms with Crippen LogP contribution in [0.3, 0.4) is 0 Å². The minimum absolute atomic E-state index is 0.156. The van der Waals surface area contributed by atoms with Crippen LogP contribution in [0.1, 0.15) is 16.8 Å². The Kier molecular flexibility index (Phi) is 6.48. The number of rotatable bonds is 6. The number of aromatic nitrogens is 1. The number of benzene rings is 1. The van der Waals surface area contributed by atoms with Gasteiger partial charge in [0.05, 0.1) is 12.2 Å². The van der Waals surface area contributed by atoms with Gasteiger partial charge in [-0.3, -0.25) is 9.98 Å². The summed E-state index contributed by atoms with van der Waals surface area (Å²) in [5.41, 5.74) is 2.47. The number of hydrogen-bond donors (Lipinski definition) is 2. The second kappa shape index (κ2) is 8.81. The van der Waals surface area contributed by atoms with Gasteiger partial charge in [-0.2, -0.15) is 8.78 Å². The number of nitrogens with zero attached hydrogens (tertiary/aromatic N) is 2. The summed E-state index contributed by atoms with van der Waals surface area (Å²) in [4.78, 5) is 8.32. The van der Waals surface area contributed by atoms with Crippen molar-refractivity contribution in [1.29, 1.82) is 0 Å². The number of guanidine groups is 1. The summed E-state index contributed by atoms with van der Waals surface area (Å²) in [6.45, 7) is -0.141. The average molecular weight is 334 g/mol. The van der Waals surface area contributed by atoms with Gasteiger partial charge in [-0.25, -0.2) is 0 Å². The van der Waals surface area contributed by atoms with E-state index in [-0.39, 0.29) is 5.75 Å². The van der Waals surface area contributed by atoms with Crippen LogP contribution in [0, 0.1) is 6.92 Å². The Morgan fingerprint density at radius 3 is 2.67 bits per heavy atom. The Morgan fingerprint density at radius 1 is 1.21 bits per heavy atom. The van der Waals surface area contributed by atoms with Gasteiger partial charge in [-0.1, -0.05) is 23.8 Å². The van der Waals surface area contributed by atoms with E-state index < -0.39 is 6.61 Å². The van der Waals surface area contributed by atoms with E-state index in [1.54, 1.807) is 31.4 Å². The average Bonchev–Trinajstić information content (AvgIpc) is 2.58. The monoisotopic (exact) mass is 334 g/mol. The first-order valence-corrected chi connectivity index (χ1v) is 7.47. The standard InChI is InChI=1S/C17H20F2N4O/c1-12-6-7-15(24-16(18)19)13(9-12)10-22-17(20-2)23-11-14-5-3-4-8-21-14/h3-9,16H,10-11H2,1-2H3,(H2,20,22,23). The highest BCUT2D eigenvalue weighted by Crippen LogP contribution is 2.21. The molecule has 1 aromatic carbocycles. The van der Waals surface area contributed by atoms with Crippen LogP contribution in [0.5, 0.6) is 5.75 Å². The first-order chi connectivity index (χ1) is 11.6. The van der Waals surface area contributed by atoms with Gasteiger partial charge in [0.1, 0.15) is 5.75 Å². The van der Waals surface area contributed by atoms with Crippen LogP contribution in [0.25, 0.3) is 0 Å². The predicted molar refractivity (Wildman–Crippen MR) is 89.1 cm³/mol. The second-order valence-electron chi connectivity index (χ2n) is 5.09. The highest BCUT2D eigenvalue weighted by atomic mass is 19.3.